The Balaban J connectivity index is 2.34. The molecule has 0 spiro atoms. The molecule has 0 saturated carbocycles. The number of aliphatic hydroxyl groups excluding tert-OH is 1. The molecular weight excluding hydrogens is 278 g/mol. The van der Waals surface area contributed by atoms with E-state index in [1.54, 1.807) is 13.0 Å². The number of benzene rings is 1. The van der Waals surface area contributed by atoms with E-state index in [1.807, 2.05) is 12.1 Å². The Bertz CT molecular complexity index is 586. The second-order valence-electron chi connectivity index (χ2n) is 5.71. The number of aryl methyl sites for hydroxylation is 1. The largest absolute Gasteiger partial charge is 0.396 e. The van der Waals surface area contributed by atoms with E-state index in [9.17, 15) is 13.5 Å². The van der Waals surface area contributed by atoms with Crippen molar-refractivity contribution in [2.75, 3.05) is 33.9 Å². The zero-order chi connectivity index (χ0) is 15.0. The summed E-state index contributed by atoms with van der Waals surface area (Å²) in [6.45, 7) is 2.88. The average molecular weight is 299 g/mol. The molecule has 6 heteroatoms. The molecule has 112 valence electrons. The van der Waals surface area contributed by atoms with Crippen molar-refractivity contribution in [2.24, 2.45) is 5.41 Å². The van der Waals surface area contributed by atoms with Crippen LogP contribution >= 0.6 is 0 Å². The predicted octanol–water partition coefficient (Wildman–Crippen LogP) is 0.797. The molecule has 0 aliphatic carbocycles. The maximum atomic E-state index is 12.3. The van der Waals surface area contributed by atoms with Gasteiger partial charge < -0.3 is 9.84 Å². The van der Waals surface area contributed by atoms with E-state index in [2.05, 4.69) is 0 Å². The van der Waals surface area contributed by atoms with Crippen molar-refractivity contribution in [3.05, 3.63) is 29.3 Å². The van der Waals surface area contributed by atoms with Crippen molar-refractivity contribution < 1.29 is 18.3 Å². The molecule has 1 aromatic rings. The first-order chi connectivity index (χ1) is 9.31. The van der Waals surface area contributed by atoms with E-state index < -0.39 is 10.0 Å². The van der Waals surface area contributed by atoms with Crippen LogP contribution in [0.4, 0.5) is 0 Å². The van der Waals surface area contributed by atoms with Gasteiger partial charge in [-0.15, -0.1) is 0 Å². The van der Waals surface area contributed by atoms with Crippen molar-refractivity contribution in [1.29, 1.82) is 0 Å². The Kier molecular flexibility index (Phi) is 4.20. The number of rotatable bonds is 5. The summed E-state index contributed by atoms with van der Waals surface area (Å²) in [6, 6.07) is 5.44. The quantitative estimate of drug-likeness (QED) is 0.873. The van der Waals surface area contributed by atoms with Gasteiger partial charge in [0.1, 0.15) is 0 Å². The van der Waals surface area contributed by atoms with Crippen molar-refractivity contribution >= 4 is 10.0 Å². The molecule has 1 N–H and O–H groups in total. The fourth-order valence-corrected chi connectivity index (χ4v) is 3.47. The second-order valence-corrected chi connectivity index (χ2v) is 7.84. The molecule has 0 atom stereocenters. The van der Waals surface area contributed by atoms with E-state index in [0.717, 1.165) is 11.1 Å². The third-order valence-corrected chi connectivity index (χ3v) is 5.70. The standard InChI is InChI=1S/C14H21NO4S/c1-11-4-5-12(7-14(8-16)9-19-10-14)6-13(11)20(17,18)15(2)3/h4-6,16H,7-10H2,1-3H3. The normalized spacial score (nSPS) is 18.1. The van der Waals surface area contributed by atoms with Crippen LogP contribution in [-0.4, -0.2) is 51.7 Å². The molecule has 2 rings (SSSR count). The van der Waals surface area contributed by atoms with Gasteiger partial charge in [0.2, 0.25) is 10.0 Å². The summed E-state index contributed by atoms with van der Waals surface area (Å²) in [5.41, 5.74) is 1.38. The minimum absolute atomic E-state index is 0.0522. The summed E-state index contributed by atoms with van der Waals surface area (Å²) in [6.07, 6.45) is 0.625. The van der Waals surface area contributed by atoms with Crippen molar-refractivity contribution in [3.63, 3.8) is 0 Å². The van der Waals surface area contributed by atoms with Gasteiger partial charge in [-0.2, -0.15) is 0 Å². The van der Waals surface area contributed by atoms with Crippen LogP contribution in [0.1, 0.15) is 11.1 Å². The highest BCUT2D eigenvalue weighted by molar-refractivity contribution is 7.89. The number of hydrogen-bond donors (Lipinski definition) is 1. The van der Waals surface area contributed by atoms with Crippen LogP contribution in [0.3, 0.4) is 0 Å². The third-order valence-electron chi connectivity index (χ3n) is 3.74. The average Bonchev–Trinajstić information content (AvgIpc) is 2.35. The number of nitrogens with zero attached hydrogens (tertiary/aromatic N) is 1. The molecule has 1 aliphatic rings. The Morgan fingerprint density at radius 1 is 1.35 bits per heavy atom. The fraction of sp³-hybridized carbons (Fsp3) is 0.571. The fourth-order valence-electron chi connectivity index (χ4n) is 2.30. The zero-order valence-corrected chi connectivity index (χ0v) is 12.9. The van der Waals surface area contributed by atoms with E-state index in [-0.39, 0.29) is 12.0 Å². The second kappa shape index (κ2) is 5.44. The third kappa shape index (κ3) is 2.74. The highest BCUT2D eigenvalue weighted by atomic mass is 32.2. The van der Waals surface area contributed by atoms with Gasteiger partial charge in [0.15, 0.2) is 0 Å². The number of ether oxygens (including phenoxy) is 1. The monoisotopic (exact) mass is 299 g/mol. The molecule has 1 aliphatic heterocycles. The molecule has 1 heterocycles. The minimum atomic E-state index is -3.44. The van der Waals surface area contributed by atoms with Crippen LogP contribution in [0.5, 0.6) is 0 Å². The smallest absolute Gasteiger partial charge is 0.242 e. The molecular formula is C14H21NO4S. The van der Waals surface area contributed by atoms with Crippen LogP contribution in [0.15, 0.2) is 23.1 Å². The first-order valence-corrected chi connectivity index (χ1v) is 7.95. The molecule has 20 heavy (non-hydrogen) atoms. The zero-order valence-electron chi connectivity index (χ0n) is 12.1. The Morgan fingerprint density at radius 3 is 2.45 bits per heavy atom. The summed E-state index contributed by atoms with van der Waals surface area (Å²) < 4.78 is 30.9. The Labute approximate surface area is 120 Å². The lowest BCUT2D eigenvalue weighted by atomic mass is 9.80. The topological polar surface area (TPSA) is 66.8 Å². The predicted molar refractivity (Wildman–Crippen MR) is 76.1 cm³/mol. The van der Waals surface area contributed by atoms with Crippen LogP contribution in [0.2, 0.25) is 0 Å². The van der Waals surface area contributed by atoms with Gasteiger partial charge in [0.05, 0.1) is 24.7 Å². The van der Waals surface area contributed by atoms with Crippen LogP contribution < -0.4 is 0 Å². The molecule has 5 nitrogen and oxygen atoms in total. The first kappa shape index (κ1) is 15.4. The summed E-state index contributed by atoms with van der Waals surface area (Å²) in [5, 5.41) is 9.46. The molecule has 1 fully saturated rings. The van der Waals surface area contributed by atoms with Crippen molar-refractivity contribution in [2.45, 2.75) is 18.2 Å². The first-order valence-electron chi connectivity index (χ1n) is 6.51. The van der Waals surface area contributed by atoms with E-state index >= 15 is 0 Å². The van der Waals surface area contributed by atoms with Gasteiger partial charge in [-0.25, -0.2) is 12.7 Å². The van der Waals surface area contributed by atoms with E-state index in [0.29, 0.717) is 24.5 Å². The van der Waals surface area contributed by atoms with E-state index in [1.165, 1.54) is 18.4 Å². The molecule has 0 radical (unpaired) electrons. The minimum Gasteiger partial charge on any atom is -0.396 e. The van der Waals surface area contributed by atoms with Gasteiger partial charge in [-0.05, 0) is 30.5 Å². The SMILES string of the molecule is Cc1ccc(CC2(CO)COC2)cc1S(=O)(=O)N(C)C. The maximum absolute atomic E-state index is 12.3. The van der Waals surface area contributed by atoms with Gasteiger partial charge in [0, 0.05) is 19.5 Å². The van der Waals surface area contributed by atoms with Gasteiger partial charge in [0.25, 0.3) is 0 Å². The molecule has 1 saturated heterocycles. The summed E-state index contributed by atoms with van der Waals surface area (Å²) in [4.78, 5) is 0.327. The lowest BCUT2D eigenvalue weighted by Gasteiger charge is -2.40. The lowest BCUT2D eigenvalue weighted by molar-refractivity contribution is -0.136. The molecule has 0 aromatic heterocycles. The summed E-state index contributed by atoms with van der Waals surface area (Å²) in [5.74, 6) is 0. The Morgan fingerprint density at radius 2 is 2.00 bits per heavy atom. The molecule has 0 unspecified atom stereocenters. The summed E-state index contributed by atoms with van der Waals surface area (Å²) in [7, 11) is -0.393. The maximum Gasteiger partial charge on any atom is 0.242 e. The van der Waals surface area contributed by atoms with Crippen LogP contribution in [0.25, 0.3) is 0 Å². The van der Waals surface area contributed by atoms with Crippen LogP contribution in [0, 0.1) is 12.3 Å². The van der Waals surface area contributed by atoms with Gasteiger partial charge in [-0.1, -0.05) is 12.1 Å². The molecule has 0 bridgehead atoms. The van der Waals surface area contributed by atoms with Crippen molar-refractivity contribution in [1.82, 2.24) is 4.31 Å². The lowest BCUT2D eigenvalue weighted by Crippen LogP contribution is -2.47. The molecule has 0 amide bonds. The highest BCUT2D eigenvalue weighted by Crippen LogP contribution is 2.32. The van der Waals surface area contributed by atoms with Gasteiger partial charge in [-0.3, -0.25) is 0 Å². The highest BCUT2D eigenvalue weighted by Gasteiger charge is 2.38. The molecule has 1 aromatic carbocycles. The number of aliphatic hydroxyl groups is 1. The van der Waals surface area contributed by atoms with Gasteiger partial charge >= 0.3 is 0 Å². The summed E-state index contributed by atoms with van der Waals surface area (Å²) >= 11 is 0. The van der Waals surface area contributed by atoms with Crippen LogP contribution in [-0.2, 0) is 21.2 Å². The Hall–Kier alpha value is -0.950. The number of hydrogen-bond acceptors (Lipinski definition) is 4. The van der Waals surface area contributed by atoms with Crippen molar-refractivity contribution in [3.8, 4) is 0 Å². The number of sulfonamides is 1. The van der Waals surface area contributed by atoms with E-state index in [4.69, 9.17) is 4.74 Å².